The summed E-state index contributed by atoms with van der Waals surface area (Å²) in [5, 5.41) is 14.7. The molecule has 9 heteroatoms. The Morgan fingerprint density at radius 3 is 2.62 bits per heavy atom. The molecule has 1 fully saturated rings. The minimum atomic E-state index is -0.377. The molecule has 0 saturated carbocycles. The maximum atomic E-state index is 14.0. The highest BCUT2D eigenvalue weighted by Crippen LogP contribution is 2.32. The number of nitro groups is 1. The van der Waals surface area contributed by atoms with Gasteiger partial charge >= 0.3 is 0 Å². The molecular weight excluding hydrogens is 431 g/mol. The van der Waals surface area contributed by atoms with Gasteiger partial charge in [0.15, 0.2) is 5.13 Å². The maximum Gasteiger partial charge on any atom is 0.292 e. The van der Waals surface area contributed by atoms with Crippen LogP contribution in [-0.4, -0.2) is 28.9 Å². The van der Waals surface area contributed by atoms with E-state index in [2.05, 4.69) is 10.3 Å². The van der Waals surface area contributed by atoms with Gasteiger partial charge in [0.05, 0.1) is 10.6 Å². The number of para-hydroxylation sites is 2. The lowest BCUT2D eigenvalue weighted by atomic mass is 9.95. The molecule has 0 bridgehead atoms. The Kier molecular flexibility index (Phi) is 6.45. The van der Waals surface area contributed by atoms with Gasteiger partial charge in [-0.25, -0.2) is 9.37 Å². The van der Waals surface area contributed by atoms with Crippen molar-refractivity contribution in [3.8, 4) is 0 Å². The lowest BCUT2D eigenvalue weighted by molar-refractivity contribution is -0.384. The molecule has 0 radical (unpaired) electrons. The van der Waals surface area contributed by atoms with E-state index < -0.39 is 0 Å². The van der Waals surface area contributed by atoms with E-state index in [9.17, 15) is 19.3 Å². The first-order chi connectivity index (χ1) is 15.4. The molecule has 1 aromatic heterocycles. The van der Waals surface area contributed by atoms with E-state index in [1.807, 2.05) is 11.8 Å². The van der Waals surface area contributed by atoms with E-state index in [4.69, 9.17) is 0 Å². The number of rotatable bonds is 6. The summed E-state index contributed by atoms with van der Waals surface area (Å²) in [5.41, 5.74) is 2.04. The van der Waals surface area contributed by atoms with Crippen molar-refractivity contribution in [2.45, 2.75) is 26.2 Å². The van der Waals surface area contributed by atoms with Crippen LogP contribution in [0.5, 0.6) is 0 Å². The molecule has 4 rings (SSSR count). The third kappa shape index (κ3) is 4.77. The lowest BCUT2D eigenvalue weighted by Gasteiger charge is -2.32. The van der Waals surface area contributed by atoms with Gasteiger partial charge in [-0.05, 0) is 37.5 Å². The van der Waals surface area contributed by atoms with E-state index >= 15 is 0 Å². The Morgan fingerprint density at radius 1 is 1.22 bits per heavy atom. The average Bonchev–Trinajstić information content (AvgIpc) is 3.13. The number of amides is 1. The third-order valence-corrected chi connectivity index (χ3v) is 6.79. The third-order valence-electron chi connectivity index (χ3n) is 5.72. The molecule has 2 heterocycles. The molecule has 32 heavy (non-hydrogen) atoms. The number of nitrogens with zero attached hydrogens (tertiary/aromatic N) is 3. The van der Waals surface area contributed by atoms with E-state index in [-0.39, 0.29) is 28.3 Å². The second-order valence-corrected chi connectivity index (χ2v) is 8.88. The van der Waals surface area contributed by atoms with Crippen LogP contribution in [0.1, 0.15) is 29.0 Å². The van der Waals surface area contributed by atoms with Gasteiger partial charge in [0.1, 0.15) is 11.5 Å². The number of aromatic nitrogens is 1. The highest BCUT2D eigenvalue weighted by Gasteiger charge is 2.28. The van der Waals surface area contributed by atoms with Gasteiger partial charge in [-0.15, -0.1) is 11.3 Å². The number of anilines is 2. The number of carbonyl (C=O) groups excluding carboxylic acids is 1. The summed E-state index contributed by atoms with van der Waals surface area (Å²) in [6, 6.07) is 13.3. The minimum absolute atomic E-state index is 0.0797. The van der Waals surface area contributed by atoms with Gasteiger partial charge in [-0.2, -0.15) is 0 Å². The van der Waals surface area contributed by atoms with Crippen molar-refractivity contribution in [2.75, 3.05) is 23.3 Å². The number of nitrogens with one attached hydrogen (secondary N) is 1. The van der Waals surface area contributed by atoms with Gasteiger partial charge in [0.2, 0.25) is 5.91 Å². The number of thiazole rings is 1. The predicted molar refractivity (Wildman–Crippen MR) is 123 cm³/mol. The zero-order valence-electron chi connectivity index (χ0n) is 17.6. The molecule has 1 saturated heterocycles. The Balaban J connectivity index is 1.37. The van der Waals surface area contributed by atoms with Crippen LogP contribution in [0.4, 0.5) is 20.9 Å². The van der Waals surface area contributed by atoms with Crippen molar-refractivity contribution in [3.63, 3.8) is 0 Å². The van der Waals surface area contributed by atoms with Crippen molar-refractivity contribution in [3.05, 3.63) is 80.6 Å². The van der Waals surface area contributed by atoms with Crippen LogP contribution in [0, 0.1) is 28.8 Å². The van der Waals surface area contributed by atoms with E-state index in [1.165, 1.54) is 23.5 Å². The van der Waals surface area contributed by atoms with Crippen LogP contribution < -0.4 is 10.2 Å². The Bertz CT molecular complexity index is 1140. The number of hydrogen-bond donors (Lipinski definition) is 1. The summed E-state index contributed by atoms with van der Waals surface area (Å²) in [6.07, 6.45) is 1.63. The summed E-state index contributed by atoms with van der Waals surface area (Å²) in [6.45, 7) is 2.99. The molecular formula is C23H23FN4O3S. The molecule has 0 spiro atoms. The normalized spacial score (nSPS) is 14.4. The van der Waals surface area contributed by atoms with Crippen LogP contribution in [0.25, 0.3) is 0 Å². The van der Waals surface area contributed by atoms with E-state index in [1.54, 1.807) is 36.4 Å². The molecule has 1 aliphatic rings. The number of hydrogen-bond acceptors (Lipinski definition) is 6. The van der Waals surface area contributed by atoms with E-state index in [0.717, 1.165) is 10.6 Å². The minimum Gasteiger partial charge on any atom is -0.366 e. The van der Waals surface area contributed by atoms with Gasteiger partial charge in [0.25, 0.3) is 5.69 Å². The first-order valence-corrected chi connectivity index (χ1v) is 11.2. The topological polar surface area (TPSA) is 88.4 Å². The molecule has 1 N–H and O–H groups in total. The number of piperidine rings is 1. The van der Waals surface area contributed by atoms with Gasteiger partial charge in [0, 0.05) is 36.4 Å². The van der Waals surface area contributed by atoms with Gasteiger partial charge in [-0.1, -0.05) is 30.3 Å². The lowest BCUT2D eigenvalue weighted by Crippen LogP contribution is -2.38. The van der Waals surface area contributed by atoms with Crippen molar-refractivity contribution in [1.29, 1.82) is 0 Å². The molecule has 1 aliphatic heterocycles. The summed E-state index contributed by atoms with van der Waals surface area (Å²) in [5.74, 6) is -0.539. The molecule has 1 amide bonds. The van der Waals surface area contributed by atoms with Crippen LogP contribution in [0.15, 0.2) is 48.5 Å². The van der Waals surface area contributed by atoms with E-state index in [0.29, 0.717) is 48.7 Å². The molecule has 0 unspecified atom stereocenters. The molecule has 166 valence electrons. The zero-order valence-corrected chi connectivity index (χ0v) is 18.4. The molecule has 3 aromatic rings. The zero-order chi connectivity index (χ0) is 22.7. The van der Waals surface area contributed by atoms with Crippen molar-refractivity contribution in [2.24, 2.45) is 5.92 Å². The van der Waals surface area contributed by atoms with Crippen LogP contribution >= 0.6 is 11.3 Å². The summed E-state index contributed by atoms with van der Waals surface area (Å²) in [4.78, 5) is 31.0. The number of benzene rings is 2. The summed E-state index contributed by atoms with van der Waals surface area (Å²) < 4.78 is 14.0. The first kappa shape index (κ1) is 21.9. The fourth-order valence-corrected chi connectivity index (χ4v) is 4.92. The number of halogens is 1. The van der Waals surface area contributed by atoms with Crippen molar-refractivity contribution < 1.29 is 14.1 Å². The van der Waals surface area contributed by atoms with Crippen LogP contribution in [-0.2, 0) is 11.2 Å². The molecule has 0 aliphatic carbocycles. The smallest absolute Gasteiger partial charge is 0.292 e. The maximum absolute atomic E-state index is 14.0. The number of carbonyl (C=O) groups is 1. The quantitative estimate of drug-likeness (QED) is 0.421. The molecule has 0 atom stereocenters. The second-order valence-electron chi connectivity index (χ2n) is 7.79. The fourth-order valence-electron chi connectivity index (χ4n) is 3.94. The standard InChI is InChI=1S/C23H23FN4O3S/c1-15-21(14-17-6-2-3-7-18(17)24)32-23(25-15)26-22(29)16-10-12-27(13-11-16)19-8-4-5-9-20(19)28(30)31/h2-9,16H,10-14H2,1H3,(H,25,26,29). The monoisotopic (exact) mass is 454 g/mol. The SMILES string of the molecule is Cc1nc(NC(=O)C2CCN(c3ccccc3[N+](=O)[O-])CC2)sc1Cc1ccccc1F. The van der Waals surface area contributed by atoms with Crippen LogP contribution in [0.2, 0.25) is 0 Å². The highest BCUT2D eigenvalue weighted by molar-refractivity contribution is 7.15. The fraction of sp³-hybridized carbons (Fsp3) is 0.304. The summed E-state index contributed by atoms with van der Waals surface area (Å²) in [7, 11) is 0. The predicted octanol–water partition coefficient (Wildman–Crippen LogP) is 4.94. The van der Waals surface area contributed by atoms with Crippen molar-refractivity contribution >= 4 is 33.8 Å². The molecule has 2 aromatic carbocycles. The van der Waals surface area contributed by atoms with Gasteiger partial charge < -0.3 is 10.2 Å². The number of nitro benzene ring substituents is 1. The Hall–Kier alpha value is -3.33. The Morgan fingerprint density at radius 2 is 1.91 bits per heavy atom. The van der Waals surface area contributed by atoms with Gasteiger partial charge in [-0.3, -0.25) is 14.9 Å². The summed E-state index contributed by atoms with van der Waals surface area (Å²) >= 11 is 1.36. The first-order valence-electron chi connectivity index (χ1n) is 10.4. The second kappa shape index (κ2) is 9.44. The van der Waals surface area contributed by atoms with Crippen LogP contribution in [0.3, 0.4) is 0 Å². The largest absolute Gasteiger partial charge is 0.366 e. The Labute approximate surface area is 189 Å². The van der Waals surface area contributed by atoms with Crippen molar-refractivity contribution in [1.82, 2.24) is 4.98 Å². The highest BCUT2D eigenvalue weighted by atomic mass is 32.1. The average molecular weight is 455 g/mol. The number of aryl methyl sites for hydroxylation is 1. The molecule has 7 nitrogen and oxygen atoms in total.